The number of anilines is 1. The summed E-state index contributed by atoms with van der Waals surface area (Å²) in [5.41, 5.74) is 7.13. The third-order valence-electron chi connectivity index (χ3n) is 3.80. The maximum Gasteiger partial charge on any atom is 0.326 e. The van der Waals surface area contributed by atoms with Crippen molar-refractivity contribution in [3.63, 3.8) is 0 Å². The minimum Gasteiger partial charge on any atom is -0.480 e. The lowest BCUT2D eigenvalue weighted by Gasteiger charge is -2.36. The molecule has 5 nitrogen and oxygen atoms in total. The van der Waals surface area contributed by atoms with Crippen molar-refractivity contribution in [1.82, 2.24) is 4.90 Å². The van der Waals surface area contributed by atoms with Crippen molar-refractivity contribution in [2.45, 2.75) is 25.8 Å². The second-order valence-electron chi connectivity index (χ2n) is 5.44. The first kappa shape index (κ1) is 15.1. The normalized spacial score (nSPS) is 22.4. The van der Waals surface area contributed by atoms with Crippen LogP contribution in [0.15, 0.2) is 30.3 Å². The maximum absolute atomic E-state index is 12.3. The maximum atomic E-state index is 12.3. The number of likely N-dealkylation sites (tertiary alicyclic amines) is 1. The smallest absolute Gasteiger partial charge is 0.326 e. The summed E-state index contributed by atoms with van der Waals surface area (Å²) < 4.78 is 0. The van der Waals surface area contributed by atoms with Gasteiger partial charge in [0.25, 0.3) is 0 Å². The number of nitrogen functional groups attached to an aromatic ring is 1. The number of carbonyl (C=O) groups excluding carboxylic acids is 1. The number of carboxylic acid groups (broad SMARTS) is 1. The molecule has 1 aliphatic heterocycles. The van der Waals surface area contributed by atoms with Gasteiger partial charge in [-0.25, -0.2) is 4.79 Å². The van der Waals surface area contributed by atoms with E-state index in [0.29, 0.717) is 12.2 Å². The van der Waals surface area contributed by atoms with Crippen LogP contribution >= 0.6 is 0 Å². The zero-order chi connectivity index (χ0) is 15.4. The van der Waals surface area contributed by atoms with Crippen molar-refractivity contribution in [2.24, 2.45) is 5.92 Å². The lowest BCUT2D eigenvalue weighted by molar-refractivity contribution is -0.152. The monoisotopic (exact) mass is 288 g/mol. The van der Waals surface area contributed by atoms with Crippen molar-refractivity contribution in [3.05, 3.63) is 35.9 Å². The molecule has 1 aromatic rings. The van der Waals surface area contributed by atoms with Gasteiger partial charge in [-0.3, -0.25) is 4.79 Å². The van der Waals surface area contributed by atoms with E-state index in [4.69, 9.17) is 5.73 Å². The Bertz CT molecular complexity index is 568. The van der Waals surface area contributed by atoms with E-state index < -0.39 is 12.0 Å². The number of rotatable bonds is 3. The largest absolute Gasteiger partial charge is 0.480 e. The van der Waals surface area contributed by atoms with Gasteiger partial charge in [0.15, 0.2) is 0 Å². The molecule has 1 amide bonds. The fourth-order valence-corrected chi connectivity index (χ4v) is 2.74. The minimum absolute atomic E-state index is 0.0269. The Labute approximate surface area is 124 Å². The zero-order valence-corrected chi connectivity index (χ0v) is 12.0. The predicted molar refractivity (Wildman–Crippen MR) is 81.4 cm³/mol. The van der Waals surface area contributed by atoms with Gasteiger partial charge in [-0.05, 0) is 42.5 Å². The van der Waals surface area contributed by atoms with Crippen LogP contribution in [0.5, 0.6) is 0 Å². The average Bonchev–Trinajstić information content (AvgIpc) is 2.44. The molecule has 0 spiro atoms. The number of carboxylic acids is 1. The summed E-state index contributed by atoms with van der Waals surface area (Å²) in [5, 5.41) is 9.32. The van der Waals surface area contributed by atoms with Crippen molar-refractivity contribution in [2.75, 3.05) is 12.3 Å². The molecule has 0 aliphatic carbocycles. The molecule has 2 unspecified atom stereocenters. The van der Waals surface area contributed by atoms with Crippen LogP contribution in [0.4, 0.5) is 5.69 Å². The number of benzene rings is 1. The van der Waals surface area contributed by atoms with E-state index in [1.54, 1.807) is 18.2 Å². The molecule has 2 atom stereocenters. The van der Waals surface area contributed by atoms with E-state index in [1.807, 2.05) is 19.1 Å². The molecule has 1 aromatic carbocycles. The molecular weight excluding hydrogens is 268 g/mol. The molecule has 1 fully saturated rings. The summed E-state index contributed by atoms with van der Waals surface area (Å²) in [4.78, 5) is 25.1. The standard InChI is InChI=1S/C16H20N2O3/c1-11-4-3-9-18(15(11)16(20)21)14(19)8-7-12-5-2-6-13(17)10-12/h2,5-8,10-11,15H,3-4,9,17H2,1H3,(H,20,21)/b8-7+. The summed E-state index contributed by atoms with van der Waals surface area (Å²) in [6, 6.07) is 6.44. The number of nitrogens with two attached hydrogens (primary N) is 1. The summed E-state index contributed by atoms with van der Waals surface area (Å²) >= 11 is 0. The van der Waals surface area contributed by atoms with Crippen LogP contribution in [0.3, 0.4) is 0 Å². The predicted octanol–water partition coefficient (Wildman–Crippen LogP) is 1.99. The van der Waals surface area contributed by atoms with Crippen LogP contribution in [-0.2, 0) is 9.59 Å². The Morgan fingerprint density at radius 2 is 2.19 bits per heavy atom. The van der Waals surface area contributed by atoms with Crippen molar-refractivity contribution in [3.8, 4) is 0 Å². The van der Waals surface area contributed by atoms with Gasteiger partial charge in [-0.15, -0.1) is 0 Å². The minimum atomic E-state index is -0.937. The van der Waals surface area contributed by atoms with Crippen LogP contribution in [0.25, 0.3) is 6.08 Å². The van der Waals surface area contributed by atoms with Crippen LogP contribution in [-0.4, -0.2) is 34.5 Å². The summed E-state index contributed by atoms with van der Waals surface area (Å²) in [7, 11) is 0. The van der Waals surface area contributed by atoms with E-state index in [2.05, 4.69) is 0 Å². The lowest BCUT2D eigenvalue weighted by Crippen LogP contribution is -2.51. The molecule has 5 heteroatoms. The fourth-order valence-electron chi connectivity index (χ4n) is 2.74. The van der Waals surface area contributed by atoms with E-state index in [1.165, 1.54) is 11.0 Å². The molecule has 21 heavy (non-hydrogen) atoms. The molecule has 1 heterocycles. The van der Waals surface area contributed by atoms with Crippen molar-refractivity contribution in [1.29, 1.82) is 0 Å². The zero-order valence-electron chi connectivity index (χ0n) is 12.0. The molecule has 112 valence electrons. The Hall–Kier alpha value is -2.30. The van der Waals surface area contributed by atoms with Crippen LogP contribution in [0, 0.1) is 5.92 Å². The lowest BCUT2D eigenvalue weighted by atomic mass is 9.90. The molecule has 1 saturated heterocycles. The van der Waals surface area contributed by atoms with Gasteiger partial charge in [0.05, 0.1) is 0 Å². The highest BCUT2D eigenvalue weighted by atomic mass is 16.4. The van der Waals surface area contributed by atoms with E-state index in [0.717, 1.165) is 18.4 Å². The first-order chi connectivity index (χ1) is 9.99. The summed E-state index contributed by atoms with van der Waals surface area (Å²) in [6.45, 7) is 2.36. The number of amides is 1. The van der Waals surface area contributed by atoms with Crippen LogP contribution in [0.2, 0.25) is 0 Å². The molecule has 0 radical (unpaired) electrons. The van der Waals surface area contributed by atoms with E-state index in [9.17, 15) is 14.7 Å². The van der Waals surface area contributed by atoms with Gasteiger partial charge in [-0.2, -0.15) is 0 Å². The Balaban J connectivity index is 2.13. The Morgan fingerprint density at radius 3 is 2.86 bits per heavy atom. The van der Waals surface area contributed by atoms with Crippen molar-refractivity contribution < 1.29 is 14.7 Å². The number of piperidine rings is 1. The topological polar surface area (TPSA) is 83.6 Å². The summed E-state index contributed by atoms with van der Waals surface area (Å²) in [5.74, 6) is -1.23. The highest BCUT2D eigenvalue weighted by molar-refractivity contribution is 5.94. The van der Waals surface area contributed by atoms with Crippen LogP contribution < -0.4 is 5.73 Å². The van der Waals surface area contributed by atoms with Gasteiger partial charge in [0, 0.05) is 18.3 Å². The van der Waals surface area contributed by atoms with Gasteiger partial charge >= 0.3 is 5.97 Å². The van der Waals surface area contributed by atoms with E-state index >= 15 is 0 Å². The quantitative estimate of drug-likeness (QED) is 0.658. The van der Waals surface area contributed by atoms with Gasteiger partial charge in [0.1, 0.15) is 6.04 Å². The Morgan fingerprint density at radius 1 is 1.43 bits per heavy atom. The van der Waals surface area contributed by atoms with Gasteiger partial charge in [0.2, 0.25) is 5.91 Å². The van der Waals surface area contributed by atoms with Gasteiger partial charge in [-0.1, -0.05) is 19.1 Å². The molecule has 0 saturated carbocycles. The molecule has 2 rings (SSSR count). The first-order valence-corrected chi connectivity index (χ1v) is 7.06. The highest BCUT2D eigenvalue weighted by Gasteiger charge is 2.36. The number of hydrogen-bond donors (Lipinski definition) is 2. The Kier molecular flexibility index (Phi) is 4.62. The first-order valence-electron chi connectivity index (χ1n) is 7.06. The second kappa shape index (κ2) is 6.43. The highest BCUT2D eigenvalue weighted by Crippen LogP contribution is 2.24. The van der Waals surface area contributed by atoms with Gasteiger partial charge < -0.3 is 15.7 Å². The number of nitrogens with zero attached hydrogens (tertiary/aromatic N) is 1. The molecule has 3 N–H and O–H groups in total. The second-order valence-corrected chi connectivity index (χ2v) is 5.44. The molecule has 0 bridgehead atoms. The molecule has 0 aromatic heterocycles. The number of aliphatic carboxylic acids is 1. The third kappa shape index (κ3) is 3.62. The fraction of sp³-hybridized carbons (Fsp3) is 0.375. The third-order valence-corrected chi connectivity index (χ3v) is 3.80. The molecular formula is C16H20N2O3. The average molecular weight is 288 g/mol. The van der Waals surface area contributed by atoms with Crippen molar-refractivity contribution >= 4 is 23.6 Å². The number of hydrogen-bond acceptors (Lipinski definition) is 3. The van der Waals surface area contributed by atoms with E-state index in [-0.39, 0.29) is 11.8 Å². The SMILES string of the molecule is CC1CCCN(C(=O)/C=C/c2cccc(N)c2)C1C(=O)O. The summed E-state index contributed by atoms with van der Waals surface area (Å²) in [6.07, 6.45) is 4.75. The van der Waals surface area contributed by atoms with Crippen LogP contribution in [0.1, 0.15) is 25.3 Å². The number of carbonyl (C=O) groups is 2. The molecule has 1 aliphatic rings.